The number of carbonyl (C=O) groups is 1. The molecule has 5 heteroatoms. The number of nitrogens with zero attached hydrogens (tertiary/aromatic N) is 1. The van der Waals surface area contributed by atoms with Gasteiger partial charge in [-0.05, 0) is 60.7 Å². The normalized spacial score (nSPS) is 12.9. The van der Waals surface area contributed by atoms with Crippen LogP contribution < -0.4 is 19.1 Å². The summed E-state index contributed by atoms with van der Waals surface area (Å²) in [6.07, 6.45) is 4.45. The molecule has 1 amide bonds. The molecule has 0 fully saturated rings. The fraction of sp³-hybridized carbons (Fsp3) is 0.318. The van der Waals surface area contributed by atoms with Crippen LogP contribution in [0.5, 0.6) is 17.2 Å². The molecule has 2 aromatic carbocycles. The fourth-order valence-corrected chi connectivity index (χ4v) is 3.30. The van der Waals surface area contributed by atoms with Gasteiger partial charge in [-0.2, -0.15) is 0 Å². The van der Waals surface area contributed by atoms with Crippen molar-refractivity contribution in [1.82, 2.24) is 0 Å². The molecule has 0 radical (unpaired) electrons. The van der Waals surface area contributed by atoms with Crippen LogP contribution in [0.2, 0.25) is 0 Å². The van der Waals surface area contributed by atoms with E-state index in [4.69, 9.17) is 14.2 Å². The van der Waals surface area contributed by atoms with Gasteiger partial charge >= 0.3 is 0 Å². The first-order chi connectivity index (χ1) is 13.2. The maximum atomic E-state index is 12.8. The minimum absolute atomic E-state index is 0.0391. The Labute approximate surface area is 160 Å². The van der Waals surface area contributed by atoms with Crippen LogP contribution in [0.4, 0.5) is 5.69 Å². The Morgan fingerprint density at radius 2 is 2.00 bits per heavy atom. The summed E-state index contributed by atoms with van der Waals surface area (Å²) in [5, 5.41) is 0. The Kier molecular flexibility index (Phi) is 6.01. The number of benzene rings is 2. The molecule has 0 aromatic heterocycles. The van der Waals surface area contributed by atoms with Gasteiger partial charge < -0.3 is 19.1 Å². The highest BCUT2D eigenvalue weighted by Gasteiger charge is 2.23. The highest BCUT2D eigenvalue weighted by molar-refractivity contribution is 5.95. The van der Waals surface area contributed by atoms with Crippen molar-refractivity contribution < 1.29 is 19.0 Å². The van der Waals surface area contributed by atoms with Gasteiger partial charge in [-0.3, -0.25) is 4.79 Å². The first-order valence-corrected chi connectivity index (χ1v) is 9.04. The summed E-state index contributed by atoms with van der Waals surface area (Å²) >= 11 is 0. The van der Waals surface area contributed by atoms with Crippen LogP contribution in [-0.2, 0) is 17.6 Å². The topological polar surface area (TPSA) is 48.0 Å². The number of ether oxygens (including phenoxy) is 3. The fourth-order valence-electron chi connectivity index (χ4n) is 3.30. The molecule has 1 aliphatic heterocycles. The second kappa shape index (κ2) is 8.62. The maximum absolute atomic E-state index is 12.8. The number of anilines is 1. The van der Waals surface area contributed by atoms with Crippen molar-refractivity contribution in [2.75, 3.05) is 32.3 Å². The summed E-state index contributed by atoms with van der Waals surface area (Å²) < 4.78 is 16.4. The van der Waals surface area contributed by atoms with E-state index in [1.54, 1.807) is 19.1 Å². The van der Waals surface area contributed by atoms with Crippen LogP contribution in [-0.4, -0.2) is 33.3 Å². The molecule has 142 valence electrons. The molecule has 0 unspecified atom stereocenters. The molecule has 1 aliphatic rings. The van der Waals surface area contributed by atoms with Gasteiger partial charge in [0.1, 0.15) is 5.75 Å². The lowest BCUT2D eigenvalue weighted by Crippen LogP contribution is -2.38. The molecule has 5 nitrogen and oxygen atoms in total. The molecule has 0 aliphatic carbocycles. The Balaban J connectivity index is 1.71. The summed E-state index contributed by atoms with van der Waals surface area (Å²) in [4.78, 5) is 14.6. The van der Waals surface area contributed by atoms with E-state index in [1.165, 1.54) is 0 Å². The van der Waals surface area contributed by atoms with Gasteiger partial charge in [0, 0.05) is 12.2 Å². The third-order valence-electron chi connectivity index (χ3n) is 4.67. The van der Waals surface area contributed by atoms with E-state index in [0.29, 0.717) is 18.0 Å². The smallest absolute Gasteiger partial charge is 0.264 e. The van der Waals surface area contributed by atoms with Crippen LogP contribution in [0.1, 0.15) is 17.5 Å². The minimum atomic E-state index is -0.0710. The third kappa shape index (κ3) is 4.25. The maximum Gasteiger partial charge on any atom is 0.264 e. The molecule has 0 saturated heterocycles. The quantitative estimate of drug-likeness (QED) is 0.699. The number of hydrogen-bond donors (Lipinski definition) is 0. The Morgan fingerprint density at radius 3 is 2.74 bits per heavy atom. The van der Waals surface area contributed by atoms with Gasteiger partial charge in [-0.25, -0.2) is 0 Å². The summed E-state index contributed by atoms with van der Waals surface area (Å²) in [6.45, 7) is 4.40. The molecular formula is C22H25NO4. The van der Waals surface area contributed by atoms with E-state index >= 15 is 0 Å². The zero-order valence-electron chi connectivity index (χ0n) is 15.9. The molecule has 27 heavy (non-hydrogen) atoms. The van der Waals surface area contributed by atoms with E-state index in [0.717, 1.165) is 41.8 Å². The summed E-state index contributed by atoms with van der Waals surface area (Å²) in [5.74, 6) is 1.92. The van der Waals surface area contributed by atoms with Crippen molar-refractivity contribution in [3.8, 4) is 17.2 Å². The predicted octanol–water partition coefficient (Wildman–Crippen LogP) is 3.79. The van der Waals surface area contributed by atoms with E-state index in [9.17, 15) is 4.79 Å². The lowest BCUT2D eigenvalue weighted by Gasteiger charge is -2.29. The van der Waals surface area contributed by atoms with Crippen molar-refractivity contribution in [3.63, 3.8) is 0 Å². The zero-order valence-corrected chi connectivity index (χ0v) is 15.9. The number of fused-ring (bicyclic) bond motifs is 1. The van der Waals surface area contributed by atoms with Crippen molar-refractivity contribution in [3.05, 3.63) is 60.2 Å². The first-order valence-electron chi connectivity index (χ1n) is 9.04. The van der Waals surface area contributed by atoms with E-state index in [-0.39, 0.29) is 12.5 Å². The van der Waals surface area contributed by atoms with Crippen LogP contribution in [0.25, 0.3) is 0 Å². The second-order valence-electron chi connectivity index (χ2n) is 6.41. The second-order valence-corrected chi connectivity index (χ2v) is 6.41. The van der Waals surface area contributed by atoms with E-state index in [2.05, 4.69) is 6.58 Å². The summed E-state index contributed by atoms with van der Waals surface area (Å²) in [6, 6.07) is 11.5. The van der Waals surface area contributed by atoms with Gasteiger partial charge in [-0.1, -0.05) is 12.1 Å². The molecule has 2 aromatic rings. The van der Waals surface area contributed by atoms with Crippen molar-refractivity contribution in [1.29, 1.82) is 0 Å². The van der Waals surface area contributed by atoms with Gasteiger partial charge in [-0.15, -0.1) is 6.58 Å². The number of rotatable bonds is 7. The van der Waals surface area contributed by atoms with Gasteiger partial charge in [0.15, 0.2) is 18.1 Å². The Bertz CT molecular complexity index is 831. The van der Waals surface area contributed by atoms with E-state index < -0.39 is 0 Å². The standard InChI is InChI=1S/C22H25NO4/c1-4-6-16-8-11-20(21(13-16)26-3)27-15-22(24)23-12-5-7-17-14-18(25-2)9-10-19(17)23/h4,8-11,13-14H,1,5-7,12,15H2,2-3H3. The largest absolute Gasteiger partial charge is 0.497 e. The SMILES string of the molecule is C=CCc1ccc(OCC(=O)N2CCCc3cc(OC)ccc32)c(OC)c1. The lowest BCUT2D eigenvalue weighted by atomic mass is 10.0. The average molecular weight is 367 g/mol. The first kappa shape index (κ1) is 18.8. The average Bonchev–Trinajstić information content (AvgIpc) is 2.71. The predicted molar refractivity (Wildman–Crippen MR) is 106 cm³/mol. The number of aryl methyl sites for hydroxylation is 1. The van der Waals surface area contributed by atoms with Crippen molar-refractivity contribution in [2.24, 2.45) is 0 Å². The molecule has 0 saturated carbocycles. The third-order valence-corrected chi connectivity index (χ3v) is 4.67. The number of carbonyl (C=O) groups excluding carboxylic acids is 1. The summed E-state index contributed by atoms with van der Waals surface area (Å²) in [7, 11) is 3.24. The molecule has 0 spiro atoms. The van der Waals surface area contributed by atoms with Gasteiger partial charge in [0.05, 0.1) is 14.2 Å². The highest BCUT2D eigenvalue weighted by Crippen LogP contribution is 2.31. The molecule has 0 bridgehead atoms. The van der Waals surface area contributed by atoms with Crippen molar-refractivity contribution in [2.45, 2.75) is 19.3 Å². The molecule has 3 rings (SSSR count). The molecule has 1 heterocycles. The summed E-state index contributed by atoms with van der Waals surface area (Å²) in [5.41, 5.74) is 3.14. The number of hydrogen-bond acceptors (Lipinski definition) is 4. The Morgan fingerprint density at radius 1 is 1.15 bits per heavy atom. The number of allylic oxidation sites excluding steroid dienone is 1. The molecular weight excluding hydrogens is 342 g/mol. The minimum Gasteiger partial charge on any atom is -0.497 e. The number of methoxy groups -OCH3 is 2. The lowest BCUT2D eigenvalue weighted by molar-refractivity contribution is -0.120. The molecule has 0 atom stereocenters. The monoisotopic (exact) mass is 367 g/mol. The van der Waals surface area contributed by atoms with Crippen LogP contribution >= 0.6 is 0 Å². The van der Waals surface area contributed by atoms with Crippen LogP contribution in [0, 0.1) is 0 Å². The van der Waals surface area contributed by atoms with Crippen molar-refractivity contribution >= 4 is 11.6 Å². The van der Waals surface area contributed by atoms with Gasteiger partial charge in [0.25, 0.3) is 5.91 Å². The van der Waals surface area contributed by atoms with Crippen LogP contribution in [0.3, 0.4) is 0 Å². The van der Waals surface area contributed by atoms with Crippen LogP contribution in [0.15, 0.2) is 49.1 Å². The zero-order chi connectivity index (χ0) is 19.2. The molecule has 0 N–H and O–H groups in total. The Hall–Kier alpha value is -2.95. The highest BCUT2D eigenvalue weighted by atomic mass is 16.5. The van der Waals surface area contributed by atoms with Gasteiger partial charge in [0.2, 0.25) is 0 Å². The number of amides is 1. The van der Waals surface area contributed by atoms with E-state index in [1.807, 2.05) is 42.5 Å².